The first-order valence-corrected chi connectivity index (χ1v) is 8.19. The van der Waals surface area contributed by atoms with Crippen LogP contribution in [-0.4, -0.2) is 30.8 Å². The number of carbonyl (C=O) groups excluding carboxylic acids is 1. The Morgan fingerprint density at radius 3 is 2.60 bits per heavy atom. The van der Waals surface area contributed by atoms with E-state index in [9.17, 15) is 18.8 Å². The van der Waals surface area contributed by atoms with E-state index in [2.05, 4.69) is 15.3 Å². The van der Waals surface area contributed by atoms with Crippen LogP contribution in [0.3, 0.4) is 0 Å². The molecule has 0 unspecified atom stereocenters. The number of nitrogens with one attached hydrogen (secondary N) is 2. The smallest absolute Gasteiger partial charge is 0.327 e. The Kier molecular flexibility index (Phi) is 4.45. The Bertz CT molecular complexity index is 1070. The molecule has 2 N–H and O–H groups in total. The molecule has 10 heteroatoms. The highest BCUT2D eigenvalue weighted by atomic mass is 32.2. The zero-order valence-electron chi connectivity index (χ0n) is 13.4. The van der Waals surface area contributed by atoms with E-state index in [1.165, 1.54) is 42.9 Å². The molecule has 3 aromatic rings. The summed E-state index contributed by atoms with van der Waals surface area (Å²) in [6.45, 7) is 0. The van der Waals surface area contributed by atoms with Crippen LogP contribution in [0, 0.1) is 5.82 Å². The van der Waals surface area contributed by atoms with Gasteiger partial charge >= 0.3 is 5.69 Å². The quantitative estimate of drug-likeness (QED) is 0.669. The average molecular weight is 363 g/mol. The van der Waals surface area contributed by atoms with Crippen molar-refractivity contribution in [2.75, 3.05) is 11.1 Å². The number of H-pyrrole nitrogens is 1. The summed E-state index contributed by atoms with van der Waals surface area (Å²) < 4.78 is 15.1. The molecular weight excluding hydrogens is 349 g/mol. The lowest BCUT2D eigenvalue weighted by Crippen LogP contribution is -2.36. The maximum atomic E-state index is 12.8. The second-order valence-electron chi connectivity index (χ2n) is 5.29. The fraction of sp³-hybridized carbons (Fsp3) is 0.200. The molecule has 0 saturated carbocycles. The SMILES string of the molecule is Cn1c(=O)c2[nH]c(SCC(=O)Nc3ccc(F)cc3)nc2n(C)c1=O. The second kappa shape index (κ2) is 6.55. The van der Waals surface area contributed by atoms with Gasteiger partial charge < -0.3 is 10.3 Å². The molecule has 1 aromatic carbocycles. The molecule has 0 aliphatic heterocycles. The largest absolute Gasteiger partial charge is 0.332 e. The van der Waals surface area contributed by atoms with Gasteiger partial charge in [0.05, 0.1) is 5.75 Å². The van der Waals surface area contributed by atoms with Gasteiger partial charge in [0.25, 0.3) is 5.56 Å². The van der Waals surface area contributed by atoms with Gasteiger partial charge in [-0.05, 0) is 24.3 Å². The predicted molar refractivity (Wildman–Crippen MR) is 92.3 cm³/mol. The van der Waals surface area contributed by atoms with Crippen LogP contribution in [0.2, 0.25) is 0 Å². The number of aromatic amines is 1. The van der Waals surface area contributed by atoms with E-state index in [1.807, 2.05) is 0 Å². The lowest BCUT2D eigenvalue weighted by Gasteiger charge is -2.03. The topological polar surface area (TPSA) is 102 Å². The van der Waals surface area contributed by atoms with Crippen molar-refractivity contribution in [1.29, 1.82) is 0 Å². The average Bonchev–Trinajstić information content (AvgIpc) is 3.03. The summed E-state index contributed by atoms with van der Waals surface area (Å²) in [5.41, 5.74) is -0.0451. The van der Waals surface area contributed by atoms with E-state index in [0.717, 1.165) is 16.3 Å². The van der Waals surface area contributed by atoms with Crippen LogP contribution >= 0.6 is 11.8 Å². The Hall–Kier alpha value is -2.88. The van der Waals surface area contributed by atoms with Crippen LogP contribution in [0.25, 0.3) is 11.2 Å². The molecule has 2 aromatic heterocycles. The van der Waals surface area contributed by atoms with Crippen LogP contribution in [0.5, 0.6) is 0 Å². The number of fused-ring (bicyclic) bond motifs is 1. The number of nitrogens with zero attached hydrogens (tertiary/aromatic N) is 3. The van der Waals surface area contributed by atoms with Crippen molar-refractivity contribution in [1.82, 2.24) is 19.1 Å². The van der Waals surface area contributed by atoms with Crippen molar-refractivity contribution in [3.63, 3.8) is 0 Å². The molecule has 0 saturated heterocycles. The molecule has 0 bridgehead atoms. The van der Waals surface area contributed by atoms with Crippen molar-refractivity contribution in [2.45, 2.75) is 5.16 Å². The summed E-state index contributed by atoms with van der Waals surface area (Å²) >= 11 is 1.09. The van der Waals surface area contributed by atoms with Crippen molar-refractivity contribution in [3.05, 3.63) is 50.9 Å². The molecule has 130 valence electrons. The number of thioether (sulfide) groups is 1. The molecule has 1 amide bonds. The third-order valence-corrected chi connectivity index (χ3v) is 4.41. The molecule has 0 radical (unpaired) electrons. The molecule has 8 nitrogen and oxygen atoms in total. The number of hydrogen-bond donors (Lipinski definition) is 2. The molecule has 3 rings (SSSR count). The second-order valence-corrected chi connectivity index (χ2v) is 6.25. The van der Waals surface area contributed by atoms with Gasteiger partial charge in [-0.25, -0.2) is 14.2 Å². The number of rotatable bonds is 4. The minimum Gasteiger partial charge on any atom is -0.327 e. The molecule has 0 aliphatic carbocycles. The Morgan fingerprint density at radius 1 is 1.24 bits per heavy atom. The Balaban J connectivity index is 1.75. The highest BCUT2D eigenvalue weighted by molar-refractivity contribution is 7.99. The minimum absolute atomic E-state index is 0.0332. The first kappa shape index (κ1) is 17.0. The highest BCUT2D eigenvalue weighted by Gasteiger charge is 2.14. The first-order chi connectivity index (χ1) is 11.9. The summed E-state index contributed by atoms with van der Waals surface area (Å²) in [5, 5.41) is 2.97. The number of aryl methyl sites for hydroxylation is 1. The van der Waals surface area contributed by atoms with Crippen LogP contribution in [0.15, 0.2) is 39.0 Å². The summed E-state index contributed by atoms with van der Waals surface area (Å²) in [6, 6.07) is 5.41. The third kappa shape index (κ3) is 3.33. The van der Waals surface area contributed by atoms with Crippen molar-refractivity contribution >= 4 is 34.5 Å². The number of aromatic nitrogens is 4. The van der Waals surface area contributed by atoms with Crippen LogP contribution < -0.4 is 16.6 Å². The van der Waals surface area contributed by atoms with E-state index in [0.29, 0.717) is 10.8 Å². The van der Waals surface area contributed by atoms with Gasteiger partial charge in [-0.15, -0.1) is 0 Å². The van der Waals surface area contributed by atoms with Crippen LogP contribution in [0.1, 0.15) is 0 Å². The van der Waals surface area contributed by atoms with Crippen LogP contribution in [-0.2, 0) is 18.9 Å². The number of halogens is 1. The van der Waals surface area contributed by atoms with Gasteiger partial charge in [0.1, 0.15) is 5.82 Å². The molecule has 2 heterocycles. The molecule has 0 fully saturated rings. The van der Waals surface area contributed by atoms with Crippen molar-refractivity contribution in [2.24, 2.45) is 14.1 Å². The van der Waals surface area contributed by atoms with Gasteiger partial charge in [-0.2, -0.15) is 0 Å². The minimum atomic E-state index is -0.479. The van der Waals surface area contributed by atoms with E-state index in [1.54, 1.807) is 0 Å². The van der Waals surface area contributed by atoms with E-state index in [-0.39, 0.29) is 28.6 Å². The van der Waals surface area contributed by atoms with Gasteiger partial charge in [0, 0.05) is 19.8 Å². The number of hydrogen-bond acceptors (Lipinski definition) is 5. The molecule has 0 atom stereocenters. The van der Waals surface area contributed by atoms with Gasteiger partial charge in [0.15, 0.2) is 16.3 Å². The maximum Gasteiger partial charge on any atom is 0.332 e. The molecule has 25 heavy (non-hydrogen) atoms. The van der Waals surface area contributed by atoms with E-state index in [4.69, 9.17) is 0 Å². The Morgan fingerprint density at radius 2 is 1.92 bits per heavy atom. The Labute approximate surface area is 144 Å². The fourth-order valence-corrected chi connectivity index (χ4v) is 2.90. The van der Waals surface area contributed by atoms with E-state index < -0.39 is 11.2 Å². The number of amides is 1. The molecule has 0 spiro atoms. The highest BCUT2D eigenvalue weighted by Crippen LogP contribution is 2.17. The summed E-state index contributed by atoms with van der Waals surface area (Å²) in [4.78, 5) is 42.9. The maximum absolute atomic E-state index is 12.8. The zero-order chi connectivity index (χ0) is 18.1. The van der Waals surface area contributed by atoms with Gasteiger partial charge in [-0.3, -0.25) is 18.7 Å². The van der Waals surface area contributed by atoms with E-state index >= 15 is 0 Å². The number of imidazole rings is 1. The molecular formula is C15H14FN5O3S. The van der Waals surface area contributed by atoms with Crippen molar-refractivity contribution < 1.29 is 9.18 Å². The van der Waals surface area contributed by atoms with Crippen LogP contribution in [0.4, 0.5) is 10.1 Å². The van der Waals surface area contributed by atoms with Gasteiger partial charge in [-0.1, -0.05) is 11.8 Å². The fourth-order valence-electron chi connectivity index (χ4n) is 2.24. The lowest BCUT2D eigenvalue weighted by atomic mass is 10.3. The number of carbonyl (C=O) groups is 1. The zero-order valence-corrected chi connectivity index (χ0v) is 14.2. The summed E-state index contributed by atoms with van der Waals surface area (Å²) in [6.07, 6.45) is 0. The normalized spacial score (nSPS) is 11.0. The number of benzene rings is 1. The van der Waals surface area contributed by atoms with Crippen molar-refractivity contribution in [3.8, 4) is 0 Å². The lowest BCUT2D eigenvalue weighted by molar-refractivity contribution is -0.113. The monoisotopic (exact) mass is 363 g/mol. The third-order valence-electron chi connectivity index (χ3n) is 3.54. The summed E-state index contributed by atoms with van der Waals surface area (Å²) in [7, 11) is 2.90. The number of anilines is 1. The first-order valence-electron chi connectivity index (χ1n) is 7.21. The summed E-state index contributed by atoms with van der Waals surface area (Å²) in [5.74, 6) is -0.661. The standard InChI is InChI=1S/C15H14FN5O3S/c1-20-12-11(13(23)21(2)15(20)24)18-14(19-12)25-7-10(22)17-9-5-3-8(16)4-6-9/h3-6H,7H2,1-2H3,(H,17,22)(H,18,19). The molecule has 0 aliphatic rings. The predicted octanol–water partition coefficient (Wildman–Crippen LogP) is 0.830. The van der Waals surface area contributed by atoms with Gasteiger partial charge in [0.2, 0.25) is 5.91 Å².